The van der Waals surface area contributed by atoms with Crippen molar-refractivity contribution >= 4 is 8.07 Å². The lowest BCUT2D eigenvalue weighted by Gasteiger charge is -2.40. The molecule has 2 heteroatoms. The van der Waals surface area contributed by atoms with Crippen molar-refractivity contribution in [3.8, 4) is 0 Å². The van der Waals surface area contributed by atoms with Crippen LogP contribution in [0.3, 0.4) is 0 Å². The van der Waals surface area contributed by atoms with Crippen molar-refractivity contribution in [3.63, 3.8) is 0 Å². The second kappa shape index (κ2) is 3.41. The van der Waals surface area contributed by atoms with Crippen LogP contribution in [0.4, 0.5) is 0 Å². The number of nitrogens with one attached hydrogen (secondary N) is 1. The number of hydrogen-bond acceptors (Lipinski definition) is 1. The van der Waals surface area contributed by atoms with Crippen molar-refractivity contribution in [2.45, 2.75) is 51.9 Å². The Morgan fingerprint density at radius 1 is 0.818 bits per heavy atom. The normalized spacial score (nSPS) is 14.2. The summed E-state index contributed by atoms with van der Waals surface area (Å²) in [6.45, 7) is 13.8. The Hall–Kier alpha value is 0.390. The lowest BCUT2D eigenvalue weighted by Crippen LogP contribution is -2.31. The van der Waals surface area contributed by atoms with E-state index < -0.39 is 0 Å². The summed E-state index contributed by atoms with van der Waals surface area (Å²) in [4.78, 5) is 0. The van der Waals surface area contributed by atoms with E-state index in [2.05, 4.69) is 53.7 Å². The van der Waals surface area contributed by atoms with E-state index in [9.17, 15) is 0 Å². The van der Waals surface area contributed by atoms with Gasteiger partial charge in [-0.1, -0.05) is 41.5 Å². The fourth-order valence-corrected chi connectivity index (χ4v) is 5.03. The fraction of sp³-hybridized carbons (Fsp3) is 1.00. The molecule has 0 saturated carbocycles. The van der Waals surface area contributed by atoms with Crippen LogP contribution in [0.15, 0.2) is 0 Å². The molecule has 11 heavy (non-hydrogen) atoms. The average Bonchev–Trinajstić information content (AvgIpc) is 1.56. The smallest absolute Gasteiger partial charge is 0.00443 e. The third kappa shape index (κ3) is 3.53. The highest BCUT2D eigenvalue weighted by molar-refractivity contribution is 7.58. The molecule has 0 bridgehead atoms. The number of rotatable bonds is 1. The quantitative estimate of drug-likeness (QED) is 0.603. The van der Waals surface area contributed by atoms with Crippen LogP contribution in [-0.2, 0) is 0 Å². The van der Waals surface area contributed by atoms with Crippen molar-refractivity contribution in [3.05, 3.63) is 0 Å². The van der Waals surface area contributed by atoms with E-state index in [1.54, 1.807) is 0 Å². The first-order chi connectivity index (χ1) is 4.69. The molecule has 0 heterocycles. The summed E-state index contributed by atoms with van der Waals surface area (Å²) in [6.07, 6.45) is 0. The highest BCUT2D eigenvalue weighted by Gasteiger charge is 2.32. The standard InChI is InChI=1S/C9H22NP/c1-8(2,3)11(10-7)9(4,5)6/h10H,1-7H3. The molecular weight excluding hydrogens is 153 g/mol. The molecule has 1 N–H and O–H groups in total. The van der Waals surface area contributed by atoms with Crippen molar-refractivity contribution in [1.29, 1.82) is 0 Å². The summed E-state index contributed by atoms with van der Waals surface area (Å²) in [5.41, 5.74) is 0. The molecular formula is C9H22NP. The molecule has 0 aliphatic carbocycles. The van der Waals surface area contributed by atoms with E-state index in [0.717, 1.165) is 0 Å². The van der Waals surface area contributed by atoms with Crippen molar-refractivity contribution in [1.82, 2.24) is 5.09 Å². The van der Waals surface area contributed by atoms with Crippen LogP contribution in [0, 0.1) is 0 Å². The zero-order valence-electron chi connectivity index (χ0n) is 8.95. The molecule has 0 aliphatic rings. The van der Waals surface area contributed by atoms with Crippen molar-refractivity contribution in [2.75, 3.05) is 7.05 Å². The van der Waals surface area contributed by atoms with Gasteiger partial charge >= 0.3 is 0 Å². The molecule has 0 aromatic heterocycles. The van der Waals surface area contributed by atoms with E-state index in [-0.39, 0.29) is 8.07 Å². The van der Waals surface area contributed by atoms with Crippen LogP contribution >= 0.6 is 8.07 Å². The monoisotopic (exact) mass is 175 g/mol. The Balaban J connectivity index is 4.43. The minimum Gasteiger partial charge on any atom is -0.298 e. The summed E-state index contributed by atoms with van der Waals surface area (Å²) in [6, 6.07) is 0. The van der Waals surface area contributed by atoms with Gasteiger partial charge in [0.05, 0.1) is 0 Å². The number of hydrogen-bond donors (Lipinski definition) is 1. The van der Waals surface area contributed by atoms with E-state index in [0.29, 0.717) is 10.3 Å². The van der Waals surface area contributed by atoms with Gasteiger partial charge in [0.25, 0.3) is 0 Å². The first-order valence-corrected chi connectivity index (χ1v) is 5.51. The first-order valence-electron chi connectivity index (χ1n) is 4.17. The van der Waals surface area contributed by atoms with Gasteiger partial charge in [-0.3, -0.25) is 5.09 Å². The van der Waals surface area contributed by atoms with E-state index in [4.69, 9.17) is 0 Å². The molecule has 0 aromatic rings. The molecule has 1 nitrogen and oxygen atoms in total. The van der Waals surface area contributed by atoms with Crippen LogP contribution in [0.1, 0.15) is 41.5 Å². The molecule has 68 valence electrons. The molecule has 0 fully saturated rings. The van der Waals surface area contributed by atoms with Gasteiger partial charge in [0, 0.05) is 0 Å². The summed E-state index contributed by atoms with van der Waals surface area (Å²) in [5.74, 6) is 0. The molecule has 0 saturated heterocycles. The van der Waals surface area contributed by atoms with Crippen LogP contribution < -0.4 is 5.09 Å². The predicted octanol–water partition coefficient (Wildman–Crippen LogP) is 3.20. The van der Waals surface area contributed by atoms with Gasteiger partial charge in [0.1, 0.15) is 0 Å². The summed E-state index contributed by atoms with van der Waals surface area (Å²) in [7, 11) is 1.98. The van der Waals surface area contributed by atoms with Gasteiger partial charge < -0.3 is 0 Å². The Morgan fingerprint density at radius 2 is 1.09 bits per heavy atom. The molecule has 0 aliphatic heterocycles. The van der Waals surface area contributed by atoms with Gasteiger partial charge in [-0.2, -0.15) is 0 Å². The molecule has 0 rings (SSSR count). The van der Waals surface area contributed by atoms with Crippen LogP contribution in [-0.4, -0.2) is 17.4 Å². The van der Waals surface area contributed by atoms with Crippen LogP contribution in [0.25, 0.3) is 0 Å². The third-order valence-corrected chi connectivity index (χ3v) is 4.70. The molecule has 0 atom stereocenters. The average molecular weight is 175 g/mol. The highest BCUT2D eigenvalue weighted by Crippen LogP contribution is 2.55. The SMILES string of the molecule is CNP(C(C)(C)C)C(C)(C)C. The molecule has 0 unspecified atom stereocenters. The van der Waals surface area contributed by atoms with Crippen LogP contribution in [0.5, 0.6) is 0 Å². The summed E-state index contributed by atoms with van der Waals surface area (Å²) < 4.78 is 0. The van der Waals surface area contributed by atoms with Gasteiger partial charge in [0.15, 0.2) is 0 Å². The molecule has 0 aromatic carbocycles. The Morgan fingerprint density at radius 3 is 1.09 bits per heavy atom. The van der Waals surface area contributed by atoms with Gasteiger partial charge in [-0.25, -0.2) is 0 Å². The van der Waals surface area contributed by atoms with Gasteiger partial charge in [-0.15, -0.1) is 0 Å². The zero-order chi connectivity index (χ0) is 9.28. The lowest BCUT2D eigenvalue weighted by atomic mass is 10.2. The maximum Gasteiger partial charge on any atom is -0.00443 e. The van der Waals surface area contributed by atoms with Crippen LogP contribution in [0.2, 0.25) is 0 Å². The predicted molar refractivity (Wildman–Crippen MR) is 55.5 cm³/mol. The fourth-order valence-electron chi connectivity index (χ4n) is 1.68. The van der Waals surface area contributed by atoms with Crippen molar-refractivity contribution < 1.29 is 0 Å². The minimum atomic E-state index is -0.0905. The topological polar surface area (TPSA) is 12.0 Å². The Labute approximate surface area is 72.8 Å². The van der Waals surface area contributed by atoms with E-state index in [1.807, 2.05) is 0 Å². The van der Waals surface area contributed by atoms with E-state index in [1.165, 1.54) is 0 Å². The van der Waals surface area contributed by atoms with Crippen molar-refractivity contribution in [2.24, 2.45) is 0 Å². The van der Waals surface area contributed by atoms with Gasteiger partial charge in [-0.05, 0) is 25.4 Å². The maximum absolute atomic E-state index is 3.45. The van der Waals surface area contributed by atoms with E-state index >= 15 is 0 Å². The summed E-state index contributed by atoms with van der Waals surface area (Å²) in [5, 5.41) is 4.26. The molecule has 0 radical (unpaired) electrons. The Bertz CT molecular complexity index is 105. The second-order valence-electron chi connectivity index (χ2n) is 4.90. The van der Waals surface area contributed by atoms with Gasteiger partial charge in [0.2, 0.25) is 0 Å². The zero-order valence-corrected chi connectivity index (χ0v) is 9.84. The first kappa shape index (κ1) is 11.4. The molecule has 0 amide bonds. The third-order valence-electron chi connectivity index (χ3n) is 1.57. The second-order valence-corrected chi connectivity index (χ2v) is 8.70. The maximum atomic E-state index is 3.45. The summed E-state index contributed by atoms with van der Waals surface area (Å²) >= 11 is 0. The Kier molecular flexibility index (Phi) is 3.53. The minimum absolute atomic E-state index is 0.0905. The lowest BCUT2D eigenvalue weighted by molar-refractivity contribution is 0.693. The highest BCUT2D eigenvalue weighted by atomic mass is 31.1. The largest absolute Gasteiger partial charge is 0.298 e. The molecule has 0 spiro atoms.